The van der Waals surface area contributed by atoms with Gasteiger partial charge in [0, 0.05) is 16.7 Å². The molecule has 0 aromatic heterocycles. The Morgan fingerprint density at radius 3 is 1.85 bits per heavy atom. The Hall–Kier alpha value is -3.71. The van der Waals surface area contributed by atoms with Gasteiger partial charge in [0.1, 0.15) is 0 Å². The summed E-state index contributed by atoms with van der Waals surface area (Å²) >= 11 is 0. The van der Waals surface area contributed by atoms with E-state index < -0.39 is 11.5 Å². The van der Waals surface area contributed by atoms with E-state index in [1.165, 1.54) is 6.92 Å². The van der Waals surface area contributed by atoms with Gasteiger partial charge in [0.05, 0.1) is 17.3 Å². The van der Waals surface area contributed by atoms with Gasteiger partial charge in [-0.1, -0.05) is 78.9 Å². The van der Waals surface area contributed by atoms with Crippen molar-refractivity contribution in [1.82, 2.24) is 0 Å². The molecule has 0 radical (unpaired) electrons. The minimum absolute atomic E-state index is 0.298. The number of carbonyl (C=O) groups is 1. The fourth-order valence-corrected chi connectivity index (χ4v) is 2.94. The molecule has 0 aliphatic carbocycles. The molecule has 0 amide bonds. The number of carboxylic acids is 1. The number of rotatable bonds is 5. The van der Waals surface area contributed by atoms with Crippen molar-refractivity contribution in [2.45, 2.75) is 12.5 Å². The number of aliphatic imine (C=N–C) groups is 1. The standard InChI is InChI=1S/C23H18N2O2/c1-23(22(26)27,20-15-9-8-14-19(20)16-24)25-21(17-10-4-2-5-11-17)18-12-6-3-7-13-18/h2-15H,1H3,(H,26,27)/t23-/m1/s1. The van der Waals surface area contributed by atoms with E-state index in [0.717, 1.165) is 11.1 Å². The molecule has 0 unspecified atom stereocenters. The summed E-state index contributed by atoms with van der Waals surface area (Å²) in [6, 6.07) is 27.7. The van der Waals surface area contributed by atoms with E-state index in [9.17, 15) is 15.2 Å². The van der Waals surface area contributed by atoms with Crippen LogP contribution in [0.4, 0.5) is 0 Å². The first-order valence-corrected chi connectivity index (χ1v) is 8.50. The van der Waals surface area contributed by atoms with E-state index in [-0.39, 0.29) is 0 Å². The van der Waals surface area contributed by atoms with E-state index >= 15 is 0 Å². The SMILES string of the molecule is C[C@](N=C(c1ccccc1)c1ccccc1)(C(=O)O)c1ccccc1C#N. The maximum Gasteiger partial charge on any atom is 0.336 e. The molecule has 3 aromatic rings. The smallest absolute Gasteiger partial charge is 0.336 e. The lowest BCUT2D eigenvalue weighted by Gasteiger charge is -2.24. The van der Waals surface area contributed by atoms with E-state index in [1.54, 1.807) is 24.3 Å². The Kier molecular flexibility index (Phi) is 5.14. The Balaban J connectivity index is 2.28. The van der Waals surface area contributed by atoms with Gasteiger partial charge in [0.2, 0.25) is 0 Å². The van der Waals surface area contributed by atoms with Gasteiger partial charge in [-0.25, -0.2) is 4.79 Å². The van der Waals surface area contributed by atoms with Gasteiger partial charge in [-0.3, -0.25) is 4.99 Å². The second-order valence-electron chi connectivity index (χ2n) is 6.23. The van der Waals surface area contributed by atoms with Crippen molar-refractivity contribution in [2.75, 3.05) is 0 Å². The molecule has 0 saturated carbocycles. The van der Waals surface area contributed by atoms with Crippen molar-refractivity contribution in [2.24, 2.45) is 4.99 Å². The van der Waals surface area contributed by atoms with Crippen molar-refractivity contribution < 1.29 is 9.90 Å². The van der Waals surface area contributed by atoms with Crippen LogP contribution in [0.5, 0.6) is 0 Å². The lowest BCUT2D eigenvalue weighted by Crippen LogP contribution is -2.33. The minimum Gasteiger partial charge on any atom is -0.479 e. The third kappa shape index (κ3) is 3.63. The Labute approximate surface area is 158 Å². The van der Waals surface area contributed by atoms with Gasteiger partial charge < -0.3 is 5.11 Å². The Morgan fingerprint density at radius 1 is 0.889 bits per heavy atom. The zero-order chi connectivity index (χ0) is 19.3. The summed E-state index contributed by atoms with van der Waals surface area (Å²) in [4.78, 5) is 17.0. The minimum atomic E-state index is -1.60. The van der Waals surface area contributed by atoms with Gasteiger partial charge in [-0.05, 0) is 13.0 Å². The number of carboxylic acid groups (broad SMARTS) is 1. The van der Waals surface area contributed by atoms with Gasteiger partial charge in [-0.15, -0.1) is 0 Å². The zero-order valence-corrected chi connectivity index (χ0v) is 14.8. The quantitative estimate of drug-likeness (QED) is 0.690. The van der Waals surface area contributed by atoms with E-state index in [2.05, 4.69) is 6.07 Å². The van der Waals surface area contributed by atoms with Crippen molar-refractivity contribution in [1.29, 1.82) is 5.26 Å². The fourth-order valence-electron chi connectivity index (χ4n) is 2.94. The summed E-state index contributed by atoms with van der Waals surface area (Å²) in [6.07, 6.45) is 0. The molecular weight excluding hydrogens is 336 g/mol. The number of nitrogens with zero attached hydrogens (tertiary/aromatic N) is 2. The van der Waals surface area contributed by atoms with Gasteiger partial charge >= 0.3 is 5.97 Å². The number of hydrogen-bond donors (Lipinski definition) is 1. The molecular formula is C23H18N2O2. The van der Waals surface area contributed by atoms with Crippen LogP contribution in [-0.4, -0.2) is 16.8 Å². The molecule has 0 heterocycles. The predicted molar refractivity (Wildman–Crippen MR) is 105 cm³/mol. The first kappa shape index (κ1) is 18.1. The van der Waals surface area contributed by atoms with Crippen LogP contribution in [0.15, 0.2) is 89.9 Å². The molecule has 132 valence electrons. The molecule has 0 aliphatic heterocycles. The summed E-state index contributed by atoms with van der Waals surface area (Å²) < 4.78 is 0. The van der Waals surface area contributed by atoms with Crippen molar-refractivity contribution >= 4 is 11.7 Å². The molecule has 1 N–H and O–H groups in total. The van der Waals surface area contributed by atoms with Crippen LogP contribution >= 0.6 is 0 Å². The molecule has 3 rings (SSSR count). The third-order valence-electron chi connectivity index (χ3n) is 4.42. The third-order valence-corrected chi connectivity index (χ3v) is 4.42. The average molecular weight is 354 g/mol. The van der Waals surface area contributed by atoms with Crippen LogP contribution in [-0.2, 0) is 10.3 Å². The van der Waals surface area contributed by atoms with E-state index in [0.29, 0.717) is 16.8 Å². The number of benzene rings is 3. The summed E-state index contributed by atoms with van der Waals surface area (Å²) in [6.45, 7) is 1.53. The second-order valence-corrected chi connectivity index (χ2v) is 6.23. The lowest BCUT2D eigenvalue weighted by molar-refractivity contribution is -0.142. The van der Waals surface area contributed by atoms with Crippen LogP contribution in [0.1, 0.15) is 29.2 Å². The van der Waals surface area contributed by atoms with Crippen molar-refractivity contribution in [3.63, 3.8) is 0 Å². The van der Waals surface area contributed by atoms with Crippen LogP contribution in [0, 0.1) is 11.3 Å². The number of aliphatic carboxylic acids is 1. The summed E-state index contributed by atoms with van der Waals surface area (Å²) in [5.41, 5.74) is 1.24. The molecule has 27 heavy (non-hydrogen) atoms. The average Bonchev–Trinajstić information content (AvgIpc) is 2.73. The molecule has 0 saturated heterocycles. The summed E-state index contributed by atoms with van der Waals surface area (Å²) in [7, 11) is 0. The maximum absolute atomic E-state index is 12.3. The highest BCUT2D eigenvalue weighted by atomic mass is 16.4. The molecule has 0 spiro atoms. The lowest BCUT2D eigenvalue weighted by atomic mass is 9.88. The summed E-state index contributed by atoms with van der Waals surface area (Å²) in [5.74, 6) is -1.12. The molecule has 1 atom stereocenters. The zero-order valence-electron chi connectivity index (χ0n) is 14.8. The van der Waals surface area contributed by atoms with E-state index in [4.69, 9.17) is 4.99 Å². The molecule has 4 heteroatoms. The topological polar surface area (TPSA) is 73.4 Å². The maximum atomic E-state index is 12.3. The van der Waals surface area contributed by atoms with Crippen molar-refractivity contribution in [3.05, 3.63) is 107 Å². The van der Waals surface area contributed by atoms with Crippen LogP contribution < -0.4 is 0 Å². The fraction of sp³-hybridized carbons (Fsp3) is 0.0870. The highest BCUT2D eigenvalue weighted by Gasteiger charge is 2.37. The van der Waals surface area contributed by atoms with Gasteiger partial charge in [0.15, 0.2) is 5.54 Å². The first-order chi connectivity index (χ1) is 13.1. The molecule has 0 aliphatic rings. The largest absolute Gasteiger partial charge is 0.479 e. The van der Waals surface area contributed by atoms with Gasteiger partial charge in [-0.2, -0.15) is 5.26 Å². The molecule has 0 bridgehead atoms. The number of nitriles is 1. The van der Waals surface area contributed by atoms with Crippen LogP contribution in [0.25, 0.3) is 0 Å². The second kappa shape index (κ2) is 7.67. The monoisotopic (exact) mass is 354 g/mol. The van der Waals surface area contributed by atoms with E-state index in [1.807, 2.05) is 60.7 Å². The highest BCUT2D eigenvalue weighted by Crippen LogP contribution is 2.30. The van der Waals surface area contributed by atoms with Crippen LogP contribution in [0.2, 0.25) is 0 Å². The van der Waals surface area contributed by atoms with Gasteiger partial charge in [0.25, 0.3) is 0 Å². The Bertz CT molecular complexity index is 980. The summed E-state index contributed by atoms with van der Waals surface area (Å²) in [5, 5.41) is 19.5. The number of hydrogen-bond acceptors (Lipinski definition) is 3. The van der Waals surface area contributed by atoms with Crippen LogP contribution in [0.3, 0.4) is 0 Å². The molecule has 4 nitrogen and oxygen atoms in total. The Morgan fingerprint density at radius 2 is 1.37 bits per heavy atom. The highest BCUT2D eigenvalue weighted by molar-refractivity contribution is 6.13. The first-order valence-electron chi connectivity index (χ1n) is 8.50. The van der Waals surface area contributed by atoms with Crippen molar-refractivity contribution in [3.8, 4) is 6.07 Å². The molecule has 0 fully saturated rings. The predicted octanol–water partition coefficient (Wildman–Crippen LogP) is 4.40. The normalized spacial score (nSPS) is 12.4. The molecule has 3 aromatic carbocycles.